The molecular weight excluding hydrogens is 625 g/mol. The maximum Gasteiger partial charge on any atom is 0.232 e. The molecule has 2 fully saturated rings. The minimum Gasteiger partial charge on any atom is -0.493 e. The third-order valence-corrected chi connectivity index (χ3v) is 15.0. The summed E-state index contributed by atoms with van der Waals surface area (Å²) in [7, 11) is 2.90. The zero-order valence-electron chi connectivity index (χ0n) is 30.1. The first-order valence-electron chi connectivity index (χ1n) is 17.2. The predicted octanol–water partition coefficient (Wildman–Crippen LogP) is 7.59. The van der Waals surface area contributed by atoms with Crippen LogP contribution in [0.15, 0.2) is 24.7 Å². The number of benzene rings is 1. The first-order valence-corrected chi connectivity index (χ1v) is 20.1. The fourth-order valence-corrected chi connectivity index (χ4v) is 7.74. The lowest BCUT2D eigenvalue weighted by atomic mass is 9.96. The van der Waals surface area contributed by atoms with E-state index in [2.05, 4.69) is 60.7 Å². The maximum absolute atomic E-state index is 6.77. The molecule has 2 aliphatic rings. The van der Waals surface area contributed by atoms with Crippen molar-refractivity contribution in [2.45, 2.75) is 103 Å². The molecule has 1 unspecified atom stereocenters. The number of fused-ring (bicyclic) bond motifs is 1. The van der Waals surface area contributed by atoms with Crippen LogP contribution in [-0.4, -0.2) is 78.1 Å². The third kappa shape index (κ3) is 6.58. The van der Waals surface area contributed by atoms with Gasteiger partial charge in [0.25, 0.3) is 0 Å². The number of anilines is 3. The lowest BCUT2D eigenvalue weighted by molar-refractivity contribution is 0.263. The van der Waals surface area contributed by atoms with E-state index in [1.165, 1.54) is 19.3 Å². The molecule has 1 aliphatic heterocycles. The van der Waals surface area contributed by atoms with Gasteiger partial charge in [0.05, 0.1) is 63.0 Å². The molecule has 0 spiro atoms. The van der Waals surface area contributed by atoms with Crippen LogP contribution in [0.3, 0.4) is 0 Å². The van der Waals surface area contributed by atoms with Crippen molar-refractivity contribution in [1.29, 1.82) is 0 Å². The summed E-state index contributed by atoms with van der Waals surface area (Å²) in [6, 6.07) is 4.35. The van der Waals surface area contributed by atoms with E-state index in [9.17, 15) is 0 Å². The summed E-state index contributed by atoms with van der Waals surface area (Å²) in [6.45, 7) is 15.2. The summed E-state index contributed by atoms with van der Waals surface area (Å²) in [5.74, 6) is 3.72. The van der Waals surface area contributed by atoms with Gasteiger partial charge in [0, 0.05) is 18.7 Å². The number of rotatable bonds is 11. The molecule has 12 nitrogen and oxygen atoms in total. The van der Waals surface area contributed by atoms with Crippen LogP contribution in [0.2, 0.25) is 18.1 Å². The second-order valence-corrected chi connectivity index (χ2v) is 19.4. The summed E-state index contributed by atoms with van der Waals surface area (Å²) < 4.78 is 27.5. The zero-order chi connectivity index (χ0) is 34.2. The fourth-order valence-electron chi connectivity index (χ4n) is 6.70. The Morgan fingerprint density at radius 3 is 2.29 bits per heavy atom. The normalized spacial score (nSPS) is 17.7. The molecule has 0 bridgehead atoms. The molecule has 1 atom stereocenters. The smallest absolute Gasteiger partial charge is 0.232 e. The molecule has 13 heteroatoms. The van der Waals surface area contributed by atoms with Crippen LogP contribution in [0.25, 0.3) is 16.7 Å². The lowest BCUT2D eigenvalue weighted by Gasteiger charge is -2.38. The highest BCUT2D eigenvalue weighted by atomic mass is 28.4. The summed E-state index contributed by atoms with van der Waals surface area (Å²) in [4.78, 5) is 17.4. The Morgan fingerprint density at radius 2 is 1.65 bits per heavy atom. The summed E-state index contributed by atoms with van der Waals surface area (Å²) in [5, 5.41) is 9.72. The molecule has 260 valence electrons. The van der Waals surface area contributed by atoms with E-state index < -0.39 is 8.32 Å². The number of methoxy groups -OCH3 is 3. The van der Waals surface area contributed by atoms with Crippen LogP contribution in [0.4, 0.5) is 17.6 Å². The Labute approximate surface area is 285 Å². The van der Waals surface area contributed by atoms with E-state index in [1.54, 1.807) is 27.7 Å². The second-order valence-electron chi connectivity index (χ2n) is 14.6. The Bertz CT molecular complexity index is 1720. The van der Waals surface area contributed by atoms with Crippen LogP contribution in [-0.2, 0) is 4.43 Å². The van der Waals surface area contributed by atoms with E-state index in [-0.39, 0.29) is 11.1 Å². The van der Waals surface area contributed by atoms with Gasteiger partial charge in [0.1, 0.15) is 12.1 Å². The first-order chi connectivity index (χ1) is 22.9. The van der Waals surface area contributed by atoms with Crippen molar-refractivity contribution in [2.24, 2.45) is 0 Å². The minimum atomic E-state index is -1.91. The van der Waals surface area contributed by atoms with Crippen molar-refractivity contribution in [3.63, 3.8) is 0 Å². The Kier molecular flexibility index (Phi) is 9.63. The SMILES string of the molecule is COc1cc(-n2cnc(Nc3nc(N4CCCC4CO[Si](C)(C)C(C)(C)C)c4c(C)nn(C5CCCCC5)c4n3)c2)cc(OC)c1OC. The van der Waals surface area contributed by atoms with Gasteiger partial charge in [-0.2, -0.15) is 15.1 Å². The van der Waals surface area contributed by atoms with E-state index in [1.807, 2.05) is 22.9 Å². The number of nitrogens with one attached hydrogen (secondary N) is 1. The molecule has 6 rings (SSSR count). The van der Waals surface area contributed by atoms with Gasteiger partial charge in [-0.3, -0.25) is 0 Å². The summed E-state index contributed by atoms with van der Waals surface area (Å²) in [6.07, 6.45) is 11.7. The van der Waals surface area contributed by atoms with Gasteiger partial charge in [-0.1, -0.05) is 40.0 Å². The highest BCUT2D eigenvalue weighted by molar-refractivity contribution is 6.74. The van der Waals surface area contributed by atoms with Crippen LogP contribution in [0.1, 0.15) is 77.5 Å². The van der Waals surface area contributed by atoms with Gasteiger partial charge in [-0.15, -0.1) is 0 Å². The van der Waals surface area contributed by atoms with Gasteiger partial charge >= 0.3 is 0 Å². The van der Waals surface area contributed by atoms with Crippen LogP contribution in [0.5, 0.6) is 17.2 Å². The largest absolute Gasteiger partial charge is 0.493 e. The second kappa shape index (κ2) is 13.6. The Morgan fingerprint density at radius 1 is 0.938 bits per heavy atom. The number of hydrogen-bond donors (Lipinski definition) is 1. The zero-order valence-corrected chi connectivity index (χ0v) is 31.1. The number of imidazole rings is 1. The lowest BCUT2D eigenvalue weighted by Crippen LogP contribution is -2.45. The van der Waals surface area contributed by atoms with Gasteiger partial charge in [0.2, 0.25) is 11.7 Å². The molecule has 4 aromatic rings. The van der Waals surface area contributed by atoms with Crippen molar-refractivity contribution in [3.05, 3.63) is 30.4 Å². The van der Waals surface area contributed by atoms with Crippen molar-refractivity contribution in [1.82, 2.24) is 29.3 Å². The molecule has 4 heterocycles. The van der Waals surface area contributed by atoms with Gasteiger partial charge in [-0.25, -0.2) is 9.67 Å². The monoisotopic (exact) mass is 676 g/mol. The summed E-state index contributed by atoms with van der Waals surface area (Å²) in [5.41, 5.74) is 2.67. The molecule has 1 aromatic carbocycles. The van der Waals surface area contributed by atoms with E-state index >= 15 is 0 Å². The molecule has 48 heavy (non-hydrogen) atoms. The third-order valence-electron chi connectivity index (χ3n) is 10.5. The van der Waals surface area contributed by atoms with E-state index in [0.717, 1.165) is 60.5 Å². The molecule has 1 N–H and O–H groups in total. The molecule has 0 radical (unpaired) electrons. The highest BCUT2D eigenvalue weighted by Crippen LogP contribution is 2.41. The molecule has 3 aromatic heterocycles. The van der Waals surface area contributed by atoms with Gasteiger partial charge in [-0.05, 0) is 50.7 Å². The maximum atomic E-state index is 6.77. The van der Waals surface area contributed by atoms with Crippen LogP contribution >= 0.6 is 0 Å². The molecule has 1 saturated carbocycles. The topological polar surface area (TPSA) is 114 Å². The first kappa shape index (κ1) is 34.0. The number of nitrogens with zero attached hydrogens (tertiary/aromatic N) is 7. The molecule has 0 amide bonds. The van der Waals surface area contributed by atoms with Crippen molar-refractivity contribution < 1.29 is 18.6 Å². The number of aryl methyl sites for hydroxylation is 1. The number of ether oxygens (including phenoxy) is 3. The number of aromatic nitrogens is 6. The van der Waals surface area contributed by atoms with Gasteiger partial charge < -0.3 is 33.4 Å². The Balaban J connectivity index is 1.37. The predicted molar refractivity (Wildman–Crippen MR) is 192 cm³/mol. The number of hydrogen-bond acceptors (Lipinski definition) is 10. The standard InChI is InChI=1S/C35H52N8O4Si/c1-23-30-32(42-17-13-16-25(42)21-47-48(8,9)35(2,3)4)38-34(39-33(30)43(40-23)24-14-11-10-12-15-24)37-29-20-41(22-36-29)26-18-27(44-5)31(46-7)28(19-26)45-6/h18-20,22,24-25H,10-17,21H2,1-9H3,(H,37,38,39). The van der Waals surface area contributed by atoms with E-state index in [0.29, 0.717) is 41.7 Å². The van der Waals surface area contributed by atoms with Crippen molar-refractivity contribution in [2.75, 3.05) is 44.7 Å². The Hall–Kier alpha value is -3.84. The molecule has 1 saturated heterocycles. The fraction of sp³-hybridized carbons (Fsp3) is 0.600. The average Bonchev–Trinajstić information content (AvgIpc) is 3.82. The van der Waals surface area contributed by atoms with Crippen LogP contribution in [0, 0.1) is 6.92 Å². The van der Waals surface area contributed by atoms with Crippen molar-refractivity contribution >= 4 is 36.9 Å². The van der Waals surface area contributed by atoms with Gasteiger partial charge in [0.15, 0.2) is 31.3 Å². The molecule has 1 aliphatic carbocycles. The average molecular weight is 677 g/mol. The highest BCUT2D eigenvalue weighted by Gasteiger charge is 2.39. The van der Waals surface area contributed by atoms with Crippen LogP contribution < -0.4 is 24.4 Å². The van der Waals surface area contributed by atoms with E-state index in [4.69, 9.17) is 33.7 Å². The quantitative estimate of drug-likeness (QED) is 0.160. The van der Waals surface area contributed by atoms with Crippen molar-refractivity contribution in [3.8, 4) is 22.9 Å². The molecular formula is C35H52N8O4Si. The summed E-state index contributed by atoms with van der Waals surface area (Å²) >= 11 is 0. The minimum absolute atomic E-state index is 0.152.